The highest BCUT2D eigenvalue weighted by molar-refractivity contribution is 7.89. The maximum atomic E-state index is 13.1. The normalized spacial score (nSPS) is 16.4. The van der Waals surface area contributed by atoms with Crippen molar-refractivity contribution in [2.45, 2.75) is 17.9 Å². The fourth-order valence-electron chi connectivity index (χ4n) is 3.55. The number of likely N-dealkylation sites (N-methyl/N-ethyl adjacent to an activating group) is 1. The molecule has 174 valence electrons. The Morgan fingerprint density at radius 3 is 2.38 bits per heavy atom. The van der Waals surface area contributed by atoms with Gasteiger partial charge in [-0.15, -0.1) is 0 Å². The Kier molecular flexibility index (Phi) is 7.66. The fraction of sp³-hybridized carbons (Fsp3) is 0.409. The van der Waals surface area contributed by atoms with Crippen LogP contribution in [0.25, 0.3) is 0 Å². The number of methoxy groups -OCH3 is 2. The number of hydrogen-bond acceptors (Lipinski definition) is 6. The second kappa shape index (κ2) is 10.1. The van der Waals surface area contributed by atoms with Gasteiger partial charge in [-0.2, -0.15) is 4.31 Å². The largest absolute Gasteiger partial charge is 0.497 e. The van der Waals surface area contributed by atoms with E-state index in [1.54, 1.807) is 32.4 Å². The number of benzene rings is 2. The van der Waals surface area contributed by atoms with Gasteiger partial charge >= 0.3 is 0 Å². The number of nitrogens with one attached hydrogen (secondary N) is 1. The van der Waals surface area contributed by atoms with Gasteiger partial charge in [0.05, 0.1) is 25.3 Å². The molecule has 1 aliphatic heterocycles. The first kappa shape index (κ1) is 24.3. The molecule has 10 heteroatoms. The predicted molar refractivity (Wildman–Crippen MR) is 123 cm³/mol. The van der Waals surface area contributed by atoms with Crippen molar-refractivity contribution in [1.29, 1.82) is 0 Å². The number of sulfonamides is 1. The minimum Gasteiger partial charge on any atom is -0.497 e. The third-order valence-corrected chi connectivity index (χ3v) is 7.90. The molecule has 3 rings (SSSR count). The summed E-state index contributed by atoms with van der Waals surface area (Å²) in [7, 11) is 1.24. The third-order valence-electron chi connectivity index (χ3n) is 5.52. The summed E-state index contributed by atoms with van der Waals surface area (Å²) in [4.78, 5) is 14.9. The molecule has 1 amide bonds. The van der Waals surface area contributed by atoms with Crippen LogP contribution in [0.5, 0.6) is 11.5 Å². The average molecular weight is 482 g/mol. The van der Waals surface area contributed by atoms with E-state index >= 15 is 0 Å². The lowest BCUT2D eigenvalue weighted by molar-refractivity contribution is 0.0939. The number of nitrogens with zero attached hydrogens (tertiary/aromatic N) is 2. The van der Waals surface area contributed by atoms with E-state index < -0.39 is 22.0 Å². The Balaban J connectivity index is 1.84. The third kappa shape index (κ3) is 5.17. The van der Waals surface area contributed by atoms with Crippen molar-refractivity contribution >= 4 is 27.5 Å². The molecule has 1 heterocycles. The highest BCUT2D eigenvalue weighted by Crippen LogP contribution is 2.30. The summed E-state index contributed by atoms with van der Waals surface area (Å²) in [5, 5.41) is 2.98. The quantitative estimate of drug-likeness (QED) is 0.654. The van der Waals surface area contributed by atoms with Crippen LogP contribution in [0.3, 0.4) is 0 Å². The van der Waals surface area contributed by atoms with Gasteiger partial charge < -0.3 is 19.7 Å². The lowest BCUT2D eigenvalue weighted by atomic mass is 10.1. The molecule has 0 bridgehead atoms. The molecule has 32 heavy (non-hydrogen) atoms. The van der Waals surface area contributed by atoms with Crippen molar-refractivity contribution in [3.63, 3.8) is 0 Å². The van der Waals surface area contributed by atoms with E-state index in [1.165, 1.54) is 22.5 Å². The van der Waals surface area contributed by atoms with Crippen molar-refractivity contribution in [2.75, 3.05) is 47.4 Å². The van der Waals surface area contributed by atoms with Crippen LogP contribution in [-0.2, 0) is 10.0 Å². The summed E-state index contributed by atoms with van der Waals surface area (Å²) in [6, 6.07) is 9.19. The summed E-state index contributed by atoms with van der Waals surface area (Å²) in [6.07, 6.45) is 0. The molecule has 0 aliphatic carbocycles. The zero-order valence-corrected chi connectivity index (χ0v) is 20.2. The van der Waals surface area contributed by atoms with Gasteiger partial charge in [0.1, 0.15) is 16.4 Å². The summed E-state index contributed by atoms with van der Waals surface area (Å²) < 4.78 is 38.4. The van der Waals surface area contributed by atoms with Crippen LogP contribution in [0.15, 0.2) is 41.3 Å². The number of carbonyl (C=O) groups is 1. The van der Waals surface area contributed by atoms with E-state index in [2.05, 4.69) is 10.2 Å². The molecular weight excluding hydrogens is 454 g/mol. The summed E-state index contributed by atoms with van der Waals surface area (Å²) in [6.45, 7) is 3.83. The number of halogens is 1. The van der Waals surface area contributed by atoms with Gasteiger partial charge in [0, 0.05) is 37.3 Å². The molecule has 0 aromatic heterocycles. The molecule has 2 aromatic carbocycles. The van der Waals surface area contributed by atoms with Gasteiger partial charge in [-0.05, 0) is 50.4 Å². The van der Waals surface area contributed by atoms with E-state index in [0.29, 0.717) is 37.7 Å². The maximum Gasteiger partial charge on any atom is 0.251 e. The van der Waals surface area contributed by atoms with Gasteiger partial charge in [-0.25, -0.2) is 8.42 Å². The number of piperazine rings is 1. The molecule has 0 spiro atoms. The zero-order valence-electron chi connectivity index (χ0n) is 18.6. The Morgan fingerprint density at radius 2 is 1.75 bits per heavy atom. The van der Waals surface area contributed by atoms with Gasteiger partial charge in [-0.1, -0.05) is 11.6 Å². The second-order valence-electron chi connectivity index (χ2n) is 7.66. The SMILES string of the molecule is COc1ccc(OC)c(C(C)NC(=O)c2ccc(Cl)c(S(=O)(=O)N3CCN(C)CC3)c2)c1. The first-order valence-electron chi connectivity index (χ1n) is 10.2. The Morgan fingerprint density at radius 1 is 1.06 bits per heavy atom. The minimum absolute atomic E-state index is 0.0667. The van der Waals surface area contributed by atoms with Crippen LogP contribution in [0.1, 0.15) is 28.9 Å². The van der Waals surface area contributed by atoms with Crippen molar-refractivity contribution in [2.24, 2.45) is 0 Å². The van der Waals surface area contributed by atoms with Crippen molar-refractivity contribution < 1.29 is 22.7 Å². The number of carbonyl (C=O) groups excluding carboxylic acids is 1. The molecule has 0 saturated carbocycles. The molecule has 8 nitrogen and oxygen atoms in total. The van der Waals surface area contributed by atoms with Gasteiger partial charge in [0.25, 0.3) is 5.91 Å². The molecule has 2 aromatic rings. The predicted octanol–water partition coefficient (Wildman–Crippen LogP) is 2.78. The van der Waals surface area contributed by atoms with Crippen molar-refractivity contribution in [3.05, 3.63) is 52.5 Å². The number of hydrogen-bond donors (Lipinski definition) is 1. The van der Waals surface area contributed by atoms with E-state index in [-0.39, 0.29) is 15.5 Å². The van der Waals surface area contributed by atoms with Crippen LogP contribution in [0.2, 0.25) is 5.02 Å². The van der Waals surface area contributed by atoms with Crippen LogP contribution < -0.4 is 14.8 Å². The molecule has 1 fully saturated rings. The molecule has 1 saturated heterocycles. The molecule has 1 aliphatic rings. The first-order chi connectivity index (χ1) is 15.2. The van der Waals surface area contributed by atoms with Gasteiger partial charge in [-0.3, -0.25) is 4.79 Å². The number of rotatable bonds is 7. The molecule has 1 N–H and O–H groups in total. The topological polar surface area (TPSA) is 88.2 Å². The lowest BCUT2D eigenvalue weighted by Gasteiger charge is -2.31. The van der Waals surface area contributed by atoms with Crippen LogP contribution in [0, 0.1) is 0 Å². The summed E-state index contributed by atoms with van der Waals surface area (Å²) in [5.74, 6) is 0.816. The minimum atomic E-state index is -3.81. The maximum absolute atomic E-state index is 13.1. The number of ether oxygens (including phenoxy) is 2. The molecule has 1 unspecified atom stereocenters. The zero-order chi connectivity index (χ0) is 23.5. The summed E-state index contributed by atoms with van der Waals surface area (Å²) in [5.41, 5.74) is 0.940. The van der Waals surface area contributed by atoms with E-state index in [1.807, 2.05) is 14.0 Å². The number of amides is 1. The van der Waals surface area contributed by atoms with Crippen LogP contribution >= 0.6 is 11.6 Å². The van der Waals surface area contributed by atoms with Crippen molar-refractivity contribution in [1.82, 2.24) is 14.5 Å². The van der Waals surface area contributed by atoms with E-state index in [9.17, 15) is 13.2 Å². The van der Waals surface area contributed by atoms with E-state index in [4.69, 9.17) is 21.1 Å². The van der Waals surface area contributed by atoms with Gasteiger partial charge in [0.15, 0.2) is 0 Å². The Hall–Kier alpha value is -2.33. The Labute approximate surface area is 194 Å². The second-order valence-corrected chi connectivity index (χ2v) is 9.97. The Bertz CT molecular complexity index is 1080. The molecular formula is C22H28ClN3O5S. The monoisotopic (exact) mass is 481 g/mol. The van der Waals surface area contributed by atoms with Crippen LogP contribution in [-0.4, -0.2) is 71.0 Å². The smallest absolute Gasteiger partial charge is 0.251 e. The standard InChI is InChI=1S/C22H28ClN3O5S/c1-15(18-14-17(30-3)6-8-20(18)31-4)24-22(27)16-5-7-19(23)21(13-16)32(28,29)26-11-9-25(2)10-12-26/h5-8,13-15H,9-12H2,1-4H3,(H,24,27). The van der Waals surface area contributed by atoms with E-state index in [0.717, 1.165) is 5.56 Å². The van der Waals surface area contributed by atoms with Crippen molar-refractivity contribution in [3.8, 4) is 11.5 Å². The molecule has 0 radical (unpaired) electrons. The fourth-order valence-corrected chi connectivity index (χ4v) is 5.47. The highest BCUT2D eigenvalue weighted by Gasteiger charge is 2.30. The first-order valence-corrected chi connectivity index (χ1v) is 12.0. The van der Waals surface area contributed by atoms with Gasteiger partial charge in [0.2, 0.25) is 10.0 Å². The van der Waals surface area contributed by atoms with Crippen LogP contribution in [0.4, 0.5) is 0 Å². The lowest BCUT2D eigenvalue weighted by Crippen LogP contribution is -2.47. The highest BCUT2D eigenvalue weighted by atomic mass is 35.5. The average Bonchev–Trinajstić information content (AvgIpc) is 2.78. The molecule has 1 atom stereocenters. The summed E-state index contributed by atoms with van der Waals surface area (Å²) >= 11 is 6.23.